The van der Waals surface area contributed by atoms with Crippen molar-refractivity contribution in [2.24, 2.45) is 0 Å². The predicted octanol–water partition coefficient (Wildman–Crippen LogP) is 2.36. The smallest absolute Gasteiger partial charge is 0.356 e. The van der Waals surface area contributed by atoms with Gasteiger partial charge in [-0.3, -0.25) is 4.90 Å². The summed E-state index contributed by atoms with van der Waals surface area (Å²) in [5.74, 6) is -0.505. The number of aromatic hydroxyl groups is 1. The number of carbonyl (C=O) groups is 1. The van der Waals surface area contributed by atoms with Gasteiger partial charge in [-0.1, -0.05) is 6.07 Å². The third-order valence-electron chi connectivity index (χ3n) is 4.22. The van der Waals surface area contributed by atoms with Crippen LogP contribution in [0.5, 0.6) is 5.75 Å². The lowest BCUT2D eigenvalue weighted by Gasteiger charge is -2.23. The van der Waals surface area contributed by atoms with E-state index in [1.54, 1.807) is 24.0 Å². The van der Waals surface area contributed by atoms with E-state index >= 15 is 0 Å². The van der Waals surface area contributed by atoms with Gasteiger partial charge in [0.25, 0.3) is 0 Å². The summed E-state index contributed by atoms with van der Waals surface area (Å²) in [6.07, 6.45) is -1.17. The number of carbonyl (C=O) groups excluding carboxylic acids is 1. The molecule has 26 heavy (non-hydrogen) atoms. The molecule has 4 N–H and O–H groups in total. The summed E-state index contributed by atoms with van der Waals surface area (Å²) in [6.45, 7) is 8.17. The fraction of sp³-hybridized carbons (Fsp3) is 0.526. The van der Waals surface area contributed by atoms with Crippen LogP contribution in [-0.2, 0) is 4.74 Å². The van der Waals surface area contributed by atoms with E-state index in [0.29, 0.717) is 23.0 Å². The molecule has 2 unspecified atom stereocenters. The van der Waals surface area contributed by atoms with Crippen molar-refractivity contribution in [3.05, 3.63) is 29.5 Å². The van der Waals surface area contributed by atoms with E-state index < -0.39 is 12.1 Å². The highest BCUT2D eigenvalue weighted by Gasteiger charge is 2.21. The average Bonchev–Trinajstić information content (AvgIpc) is 2.98. The molecule has 1 heterocycles. The van der Waals surface area contributed by atoms with Gasteiger partial charge in [-0.25, -0.2) is 4.79 Å². The van der Waals surface area contributed by atoms with E-state index in [0.717, 1.165) is 0 Å². The number of benzene rings is 1. The average molecular weight is 363 g/mol. The number of aromatic amines is 1. The summed E-state index contributed by atoms with van der Waals surface area (Å²) in [4.78, 5) is 17.0. The van der Waals surface area contributed by atoms with Gasteiger partial charge in [0, 0.05) is 17.5 Å². The molecule has 0 bridgehead atoms. The Hall–Kier alpha value is -2.09. The molecule has 0 aliphatic rings. The Labute approximate surface area is 154 Å². The van der Waals surface area contributed by atoms with Crippen molar-refractivity contribution in [2.45, 2.75) is 45.6 Å². The van der Waals surface area contributed by atoms with E-state index in [1.165, 1.54) is 6.07 Å². The Bertz CT molecular complexity index is 777. The largest absolute Gasteiger partial charge is 0.506 e. The zero-order valence-electron chi connectivity index (χ0n) is 16.3. The monoisotopic (exact) mass is 363 g/mol. The van der Waals surface area contributed by atoms with Crippen molar-refractivity contribution in [3.8, 4) is 5.75 Å². The summed E-state index contributed by atoms with van der Waals surface area (Å²) in [5, 5.41) is 24.5. The first-order valence-corrected chi connectivity index (χ1v) is 8.64. The van der Waals surface area contributed by atoms with Crippen molar-refractivity contribution in [1.82, 2.24) is 15.2 Å². The van der Waals surface area contributed by atoms with Crippen LogP contribution in [-0.4, -0.2) is 58.5 Å². The Morgan fingerprint density at radius 1 is 1.35 bits per heavy atom. The molecule has 7 nitrogen and oxygen atoms in total. The van der Waals surface area contributed by atoms with Crippen molar-refractivity contribution < 1.29 is 19.7 Å². The number of hydrogen-bond donors (Lipinski definition) is 4. The van der Waals surface area contributed by atoms with E-state index in [-0.39, 0.29) is 23.2 Å². The number of fused-ring (bicyclic) bond motifs is 1. The number of aliphatic hydroxyl groups excluding tert-OH is 1. The second kappa shape index (κ2) is 7.65. The molecular weight excluding hydrogens is 334 g/mol. The molecule has 0 spiro atoms. The molecule has 2 atom stereocenters. The van der Waals surface area contributed by atoms with Crippen LogP contribution in [0.25, 0.3) is 10.9 Å². The number of phenols is 1. The van der Waals surface area contributed by atoms with E-state index in [2.05, 4.69) is 10.3 Å². The first-order valence-electron chi connectivity index (χ1n) is 8.64. The topological polar surface area (TPSA) is 97.8 Å². The van der Waals surface area contributed by atoms with Gasteiger partial charge < -0.3 is 25.3 Å². The van der Waals surface area contributed by atoms with Crippen LogP contribution in [0.2, 0.25) is 0 Å². The number of phenolic OH excluding ortho intramolecular Hbond substituents is 1. The van der Waals surface area contributed by atoms with E-state index in [9.17, 15) is 15.0 Å². The fourth-order valence-corrected chi connectivity index (χ4v) is 2.46. The van der Waals surface area contributed by atoms with Crippen molar-refractivity contribution >= 4 is 16.9 Å². The maximum atomic E-state index is 12.3. The van der Waals surface area contributed by atoms with Gasteiger partial charge in [0.1, 0.15) is 11.4 Å². The summed E-state index contributed by atoms with van der Waals surface area (Å²) in [5.41, 5.74) is 1.13. The van der Waals surface area contributed by atoms with Gasteiger partial charge in [-0.2, -0.15) is 0 Å². The molecule has 0 aliphatic carbocycles. The third kappa shape index (κ3) is 4.75. The molecule has 1 aromatic heterocycles. The molecule has 144 valence electrons. The van der Waals surface area contributed by atoms with Gasteiger partial charge in [-0.05, 0) is 59.5 Å². The summed E-state index contributed by atoms with van der Waals surface area (Å²) < 4.78 is 5.36. The van der Waals surface area contributed by atoms with Crippen LogP contribution < -0.4 is 5.32 Å². The van der Waals surface area contributed by atoms with Gasteiger partial charge >= 0.3 is 5.97 Å². The normalized spacial score (nSPS) is 14.6. The molecule has 0 amide bonds. The Morgan fingerprint density at radius 2 is 2.00 bits per heavy atom. The summed E-state index contributed by atoms with van der Waals surface area (Å²) in [6, 6.07) is 4.78. The molecule has 0 saturated carbocycles. The zero-order chi connectivity index (χ0) is 19.6. The van der Waals surface area contributed by atoms with Crippen LogP contribution in [0.4, 0.5) is 0 Å². The number of ether oxygens (including phenoxy) is 1. The number of aromatic nitrogens is 1. The number of nitrogens with zero attached hydrogens (tertiary/aromatic N) is 1. The summed E-state index contributed by atoms with van der Waals surface area (Å²) in [7, 11) is 3.62. The highest BCUT2D eigenvalue weighted by molar-refractivity contribution is 5.98. The van der Waals surface area contributed by atoms with Crippen molar-refractivity contribution in [1.29, 1.82) is 0 Å². The SMILES string of the molecule is CC(OC(=O)c1cc2c(C(O)CNC(C)(C)C)ccc(O)c2[nH]1)N(C)C. The van der Waals surface area contributed by atoms with Crippen LogP contribution in [0.3, 0.4) is 0 Å². The second-order valence-electron chi connectivity index (χ2n) is 7.76. The Morgan fingerprint density at radius 3 is 2.58 bits per heavy atom. The molecule has 0 fully saturated rings. The minimum Gasteiger partial charge on any atom is -0.506 e. The molecule has 7 heteroatoms. The van der Waals surface area contributed by atoms with Crippen molar-refractivity contribution in [3.63, 3.8) is 0 Å². The standard InChI is InChI=1S/C19H29N3O4/c1-11(22(5)6)26-18(25)14-9-13-12(7-8-15(23)17(13)21-14)16(24)10-20-19(2,3)4/h7-9,11,16,20-21,23-24H,10H2,1-6H3. The first-order chi connectivity index (χ1) is 12.0. The lowest BCUT2D eigenvalue weighted by Crippen LogP contribution is -2.38. The van der Waals surface area contributed by atoms with Crippen LogP contribution in [0.1, 0.15) is 49.9 Å². The number of β-amino-alcohol motifs (C(OH)–C–C–N with tert-alkyl or cyclic N) is 1. The maximum absolute atomic E-state index is 12.3. The van der Waals surface area contributed by atoms with Crippen LogP contribution >= 0.6 is 0 Å². The lowest BCUT2D eigenvalue weighted by atomic mass is 10.0. The lowest BCUT2D eigenvalue weighted by molar-refractivity contribution is -0.00596. The number of hydrogen-bond acceptors (Lipinski definition) is 6. The van der Waals surface area contributed by atoms with Crippen LogP contribution in [0.15, 0.2) is 18.2 Å². The summed E-state index contributed by atoms with van der Waals surface area (Å²) >= 11 is 0. The van der Waals surface area contributed by atoms with Gasteiger partial charge in [0.2, 0.25) is 0 Å². The van der Waals surface area contributed by atoms with Gasteiger partial charge in [0.05, 0.1) is 11.6 Å². The second-order valence-corrected chi connectivity index (χ2v) is 7.76. The van der Waals surface area contributed by atoms with Gasteiger partial charge in [-0.15, -0.1) is 0 Å². The van der Waals surface area contributed by atoms with E-state index in [4.69, 9.17) is 4.74 Å². The number of nitrogens with one attached hydrogen (secondary N) is 2. The number of rotatable bonds is 6. The molecule has 0 radical (unpaired) electrons. The first kappa shape index (κ1) is 20.2. The Balaban J connectivity index is 2.32. The number of aliphatic hydroxyl groups is 1. The third-order valence-corrected chi connectivity index (χ3v) is 4.22. The molecule has 2 rings (SSSR count). The molecule has 0 aliphatic heterocycles. The number of esters is 1. The highest BCUT2D eigenvalue weighted by Crippen LogP contribution is 2.31. The molecular formula is C19H29N3O4. The maximum Gasteiger partial charge on any atom is 0.356 e. The zero-order valence-corrected chi connectivity index (χ0v) is 16.3. The Kier molecular flexibility index (Phi) is 5.95. The quantitative estimate of drug-likeness (QED) is 0.465. The number of H-pyrrole nitrogens is 1. The highest BCUT2D eigenvalue weighted by atomic mass is 16.6. The minimum atomic E-state index is -0.780. The predicted molar refractivity (Wildman–Crippen MR) is 101 cm³/mol. The fourth-order valence-electron chi connectivity index (χ4n) is 2.46. The van der Waals surface area contributed by atoms with Gasteiger partial charge in [0.15, 0.2) is 6.23 Å². The molecule has 0 saturated heterocycles. The molecule has 2 aromatic rings. The van der Waals surface area contributed by atoms with Crippen molar-refractivity contribution in [2.75, 3.05) is 20.6 Å². The molecule has 1 aromatic carbocycles. The minimum absolute atomic E-state index is 0.0134. The van der Waals surface area contributed by atoms with E-state index in [1.807, 2.05) is 34.9 Å². The van der Waals surface area contributed by atoms with Crippen LogP contribution in [0, 0.1) is 0 Å².